The lowest BCUT2D eigenvalue weighted by atomic mass is 9.50. The van der Waals surface area contributed by atoms with Gasteiger partial charge >= 0.3 is 0 Å². The van der Waals surface area contributed by atoms with Crippen LogP contribution in [0.4, 0.5) is 0 Å². The van der Waals surface area contributed by atoms with Crippen LogP contribution in [-0.2, 0) is 0 Å². The molecule has 5 heteroatoms. The zero-order valence-corrected chi connectivity index (χ0v) is 4.63. The average Bonchev–Trinajstić information content (AvgIpc) is 1.25. The van der Waals surface area contributed by atoms with Gasteiger partial charge in [0.15, 0.2) is 0 Å². The second-order valence-electron chi connectivity index (χ2n) is 1.97. The van der Waals surface area contributed by atoms with E-state index in [4.69, 9.17) is 33.8 Å². The van der Waals surface area contributed by atoms with Crippen molar-refractivity contribution in [2.45, 2.75) is 17.8 Å². The van der Waals surface area contributed by atoms with Crippen LogP contribution < -0.4 is 0 Å². The van der Waals surface area contributed by atoms with E-state index >= 15 is 0 Å². The van der Waals surface area contributed by atoms with Gasteiger partial charge in [-0.25, -0.2) is 0 Å². The summed E-state index contributed by atoms with van der Waals surface area (Å²) in [7, 11) is 14.4. The van der Waals surface area contributed by atoms with Gasteiger partial charge in [0.1, 0.15) is 23.5 Å². The molecule has 0 aliphatic heterocycles. The van der Waals surface area contributed by atoms with Gasteiger partial charge < -0.3 is 10.2 Å². The highest BCUT2D eigenvalue weighted by Crippen LogP contribution is 2.09. The van der Waals surface area contributed by atoms with Crippen LogP contribution in [-0.4, -0.2) is 44.7 Å². The molecule has 2 nitrogen and oxygen atoms in total. The van der Waals surface area contributed by atoms with Crippen LogP contribution in [0, 0.1) is 0 Å². The predicted molar refractivity (Wildman–Crippen MR) is 32.8 cm³/mol. The van der Waals surface area contributed by atoms with E-state index in [1.165, 1.54) is 0 Å². The van der Waals surface area contributed by atoms with Crippen LogP contribution in [0.15, 0.2) is 0 Å². The van der Waals surface area contributed by atoms with E-state index in [1.807, 2.05) is 0 Å². The Balaban J connectivity index is 4.02. The Morgan fingerprint density at radius 2 is 1.25 bits per heavy atom. The maximum absolute atomic E-state index is 8.63. The van der Waals surface area contributed by atoms with Gasteiger partial charge in [0, 0.05) is 10.9 Å². The zero-order chi connectivity index (χ0) is 7.00. The zero-order valence-electron chi connectivity index (χ0n) is 4.63. The van der Waals surface area contributed by atoms with E-state index in [1.54, 1.807) is 0 Å². The summed E-state index contributed by atoms with van der Waals surface area (Å²) in [5.74, 6) is 0. The molecule has 0 heterocycles. The molecule has 0 saturated heterocycles. The lowest BCUT2D eigenvalue weighted by Crippen LogP contribution is -2.53. The predicted octanol–water partition coefficient (Wildman–Crippen LogP) is -2.15. The van der Waals surface area contributed by atoms with Crippen LogP contribution in [0.25, 0.3) is 0 Å². The SMILES string of the molecule is [B]C([B])(O)C([B])(C)O. The fourth-order valence-corrected chi connectivity index (χ4v) is 0. The van der Waals surface area contributed by atoms with Crippen LogP contribution in [0.3, 0.4) is 0 Å². The molecule has 0 aliphatic carbocycles. The molecule has 0 amide bonds. The van der Waals surface area contributed by atoms with Crippen molar-refractivity contribution in [2.75, 3.05) is 0 Å². The minimum Gasteiger partial charge on any atom is -0.407 e. The third-order valence-corrected chi connectivity index (χ3v) is 0.811. The van der Waals surface area contributed by atoms with Gasteiger partial charge in [-0.15, -0.1) is 0 Å². The first-order valence-electron chi connectivity index (χ1n) is 2.06. The molecule has 1 atom stereocenters. The van der Waals surface area contributed by atoms with Crippen molar-refractivity contribution < 1.29 is 10.2 Å². The minimum absolute atomic E-state index is 1.10. The van der Waals surface area contributed by atoms with Gasteiger partial charge in [0.25, 0.3) is 0 Å². The summed E-state index contributed by atoms with van der Waals surface area (Å²) in [4.78, 5) is 0. The van der Waals surface area contributed by atoms with Crippen LogP contribution in [0.1, 0.15) is 6.92 Å². The third-order valence-electron chi connectivity index (χ3n) is 0.811. The minimum atomic E-state index is -2.23. The summed E-state index contributed by atoms with van der Waals surface area (Å²) in [5, 5.41) is 14.9. The first kappa shape index (κ1) is 8.11. The van der Waals surface area contributed by atoms with E-state index < -0.39 is 10.9 Å². The lowest BCUT2D eigenvalue weighted by Gasteiger charge is -2.33. The average molecular weight is 106 g/mol. The first-order chi connectivity index (χ1) is 3.25. The molecule has 2 N–H and O–H groups in total. The van der Waals surface area contributed by atoms with Crippen molar-refractivity contribution in [2.24, 2.45) is 0 Å². The van der Waals surface area contributed by atoms with Crippen molar-refractivity contribution in [1.82, 2.24) is 0 Å². The fourth-order valence-electron chi connectivity index (χ4n) is 0. The Morgan fingerprint density at radius 1 is 1.12 bits per heavy atom. The molecule has 0 rings (SSSR count). The maximum Gasteiger partial charge on any atom is 0.114 e. The molecule has 0 bridgehead atoms. The Bertz CT molecular complexity index is 67.5. The molecule has 38 valence electrons. The molecule has 0 fully saturated rings. The second kappa shape index (κ2) is 1.81. The fraction of sp³-hybridized carbons (Fsp3) is 1.00. The molecular formula is C3H5B3O2. The van der Waals surface area contributed by atoms with E-state index in [0.29, 0.717) is 0 Å². The van der Waals surface area contributed by atoms with Crippen LogP contribution >= 0.6 is 0 Å². The molecule has 8 heavy (non-hydrogen) atoms. The normalized spacial score (nSPS) is 19.9. The summed E-state index contributed by atoms with van der Waals surface area (Å²) in [6.07, 6.45) is 0. The van der Waals surface area contributed by atoms with Crippen molar-refractivity contribution in [3.63, 3.8) is 0 Å². The highest BCUT2D eigenvalue weighted by molar-refractivity contribution is 6.43. The molecule has 0 aromatic heterocycles. The smallest absolute Gasteiger partial charge is 0.114 e. The summed E-state index contributed by atoms with van der Waals surface area (Å²) in [6, 6.07) is 0. The Morgan fingerprint density at radius 3 is 1.25 bits per heavy atom. The lowest BCUT2D eigenvalue weighted by molar-refractivity contribution is 0.0197. The highest BCUT2D eigenvalue weighted by atomic mass is 16.3. The quantitative estimate of drug-likeness (QED) is 0.373. The number of aliphatic hydroxyl groups is 2. The summed E-state index contributed by atoms with van der Waals surface area (Å²) < 4.78 is 0. The molecule has 0 spiro atoms. The Labute approximate surface area is 52.5 Å². The van der Waals surface area contributed by atoms with Gasteiger partial charge in [-0.05, 0) is 6.92 Å². The number of hydrogen-bond donors (Lipinski definition) is 2. The molecule has 0 aromatic rings. The highest BCUT2D eigenvalue weighted by Gasteiger charge is 2.29. The van der Waals surface area contributed by atoms with Gasteiger partial charge in [-0.2, -0.15) is 0 Å². The van der Waals surface area contributed by atoms with Crippen molar-refractivity contribution in [1.29, 1.82) is 0 Å². The first-order valence-corrected chi connectivity index (χ1v) is 2.06. The summed E-state index contributed by atoms with van der Waals surface area (Å²) in [5.41, 5.74) is -1.95. The monoisotopic (exact) mass is 106 g/mol. The van der Waals surface area contributed by atoms with Crippen molar-refractivity contribution >= 4 is 23.5 Å². The third kappa shape index (κ3) is 1.93. The van der Waals surface area contributed by atoms with E-state index in [-0.39, 0.29) is 0 Å². The summed E-state index contributed by atoms with van der Waals surface area (Å²) in [6.45, 7) is 1.10. The molecule has 0 aliphatic rings. The van der Waals surface area contributed by atoms with Gasteiger partial charge in [0.05, 0.1) is 0 Å². The van der Waals surface area contributed by atoms with Crippen LogP contribution in [0.5, 0.6) is 0 Å². The van der Waals surface area contributed by atoms with E-state index in [9.17, 15) is 0 Å². The van der Waals surface area contributed by atoms with Crippen LogP contribution in [0.2, 0.25) is 0 Å². The van der Waals surface area contributed by atoms with E-state index in [2.05, 4.69) is 0 Å². The summed E-state index contributed by atoms with van der Waals surface area (Å²) >= 11 is 0. The second-order valence-corrected chi connectivity index (χ2v) is 1.97. The van der Waals surface area contributed by atoms with E-state index in [0.717, 1.165) is 6.92 Å². The van der Waals surface area contributed by atoms with Gasteiger partial charge in [-0.1, -0.05) is 0 Å². The maximum atomic E-state index is 8.63. The molecule has 6 radical (unpaired) electrons. The molecular weight excluding hydrogens is 100 g/mol. The largest absolute Gasteiger partial charge is 0.407 e. The van der Waals surface area contributed by atoms with Crippen molar-refractivity contribution in [3.8, 4) is 0 Å². The topological polar surface area (TPSA) is 40.5 Å². The standard InChI is InChI=1S/C3H5B3O2/c1-2(4,7)3(5,6)8/h7-8H,1H3. The Kier molecular flexibility index (Phi) is 1.84. The van der Waals surface area contributed by atoms with Gasteiger partial charge in [-0.3, -0.25) is 0 Å². The number of hydrogen-bond acceptors (Lipinski definition) is 2. The van der Waals surface area contributed by atoms with Gasteiger partial charge in [0.2, 0.25) is 0 Å². The Hall–Kier alpha value is 0.115. The molecule has 0 saturated carbocycles. The number of rotatable bonds is 1. The molecule has 0 aromatic carbocycles. The van der Waals surface area contributed by atoms with Crippen molar-refractivity contribution in [3.05, 3.63) is 0 Å². The molecule has 1 unspecified atom stereocenters.